The Kier molecular flexibility index (Phi) is 6.10. The van der Waals surface area contributed by atoms with Crippen LogP contribution in [0.3, 0.4) is 0 Å². The molecular formula is C25H28NOP. The molecule has 3 aromatic carbocycles. The van der Waals surface area contributed by atoms with Crippen molar-refractivity contribution in [1.29, 1.82) is 0 Å². The van der Waals surface area contributed by atoms with Crippen LogP contribution in [0.2, 0.25) is 0 Å². The minimum Gasteiger partial charge on any atom is -0.394 e. The van der Waals surface area contributed by atoms with E-state index in [1.165, 1.54) is 27.2 Å². The van der Waals surface area contributed by atoms with Gasteiger partial charge in [0.2, 0.25) is 0 Å². The molecule has 28 heavy (non-hydrogen) atoms. The third-order valence-electron chi connectivity index (χ3n) is 5.62. The van der Waals surface area contributed by atoms with Crippen molar-refractivity contribution in [3.05, 3.63) is 84.4 Å². The molecule has 3 heteroatoms. The molecule has 1 heterocycles. The molecule has 0 saturated carbocycles. The summed E-state index contributed by atoms with van der Waals surface area (Å²) in [6.07, 6.45) is 3.23. The first-order valence-electron chi connectivity index (χ1n) is 10.2. The van der Waals surface area contributed by atoms with Gasteiger partial charge in [0.05, 0.1) is 12.6 Å². The largest absolute Gasteiger partial charge is 0.394 e. The summed E-state index contributed by atoms with van der Waals surface area (Å²) in [4.78, 5) is 2.48. The smallest absolute Gasteiger partial charge is 0.0635 e. The van der Waals surface area contributed by atoms with Gasteiger partial charge in [0, 0.05) is 17.5 Å². The van der Waals surface area contributed by atoms with Crippen molar-refractivity contribution in [1.82, 2.24) is 0 Å². The lowest BCUT2D eigenvalue weighted by atomic mass is 10.1. The molecule has 1 aliphatic rings. The van der Waals surface area contributed by atoms with Crippen LogP contribution in [0, 0.1) is 0 Å². The Morgan fingerprint density at radius 1 is 0.893 bits per heavy atom. The van der Waals surface area contributed by atoms with Crippen LogP contribution in [0.1, 0.15) is 25.3 Å². The molecule has 0 amide bonds. The highest BCUT2D eigenvalue weighted by molar-refractivity contribution is 7.80. The second kappa shape index (κ2) is 8.90. The fourth-order valence-corrected chi connectivity index (χ4v) is 6.79. The van der Waals surface area contributed by atoms with E-state index in [-0.39, 0.29) is 12.6 Å². The maximum Gasteiger partial charge on any atom is 0.0635 e. The number of benzene rings is 3. The predicted molar refractivity (Wildman–Crippen MR) is 122 cm³/mol. The van der Waals surface area contributed by atoms with E-state index in [9.17, 15) is 5.11 Å². The van der Waals surface area contributed by atoms with Crippen molar-refractivity contribution < 1.29 is 5.11 Å². The summed E-state index contributed by atoms with van der Waals surface area (Å²) in [7, 11) is -0.652. The quantitative estimate of drug-likeness (QED) is 0.645. The van der Waals surface area contributed by atoms with Gasteiger partial charge in [-0.2, -0.15) is 0 Å². The van der Waals surface area contributed by atoms with E-state index in [0.29, 0.717) is 0 Å². The van der Waals surface area contributed by atoms with E-state index in [0.717, 1.165) is 25.8 Å². The predicted octanol–water partition coefficient (Wildman–Crippen LogP) is 3.97. The van der Waals surface area contributed by atoms with Crippen molar-refractivity contribution in [2.75, 3.05) is 18.1 Å². The van der Waals surface area contributed by atoms with E-state index < -0.39 is 7.92 Å². The summed E-state index contributed by atoms with van der Waals surface area (Å²) in [5, 5.41) is 14.1. The second-order valence-corrected chi connectivity index (χ2v) is 9.50. The number of para-hydroxylation sites is 1. The Morgan fingerprint density at radius 3 is 2.11 bits per heavy atom. The molecule has 1 saturated heterocycles. The summed E-state index contributed by atoms with van der Waals surface area (Å²) in [6, 6.07) is 28.8. The van der Waals surface area contributed by atoms with Crippen LogP contribution in [0.15, 0.2) is 78.9 Å². The molecule has 0 bridgehead atoms. The SMILES string of the molecule is CCc1cccc(P(c2ccccc2)c2ccccc2)c1N1CCC[C@H]1CO. The highest BCUT2D eigenvalue weighted by Crippen LogP contribution is 2.40. The second-order valence-electron chi connectivity index (χ2n) is 7.32. The van der Waals surface area contributed by atoms with Crippen LogP contribution in [0.25, 0.3) is 0 Å². The van der Waals surface area contributed by atoms with Crippen LogP contribution in [-0.2, 0) is 6.42 Å². The minimum atomic E-state index is -0.652. The standard InChI is InChI=1S/C25H28NOP/c1-2-20-11-9-17-24(25(20)26-18-10-12-21(26)19-27)28(22-13-5-3-6-14-22)23-15-7-4-8-16-23/h3-9,11,13-17,21,27H,2,10,12,18-19H2,1H3/t21-/m0/s1. The lowest BCUT2D eigenvalue weighted by Crippen LogP contribution is -2.37. The average Bonchev–Trinajstić information content (AvgIpc) is 3.24. The minimum absolute atomic E-state index is 0.228. The van der Waals surface area contributed by atoms with Gasteiger partial charge in [-0.1, -0.05) is 85.8 Å². The van der Waals surface area contributed by atoms with Crippen molar-refractivity contribution >= 4 is 29.5 Å². The highest BCUT2D eigenvalue weighted by Gasteiger charge is 2.30. The van der Waals surface area contributed by atoms with E-state index in [1.807, 2.05) is 0 Å². The third kappa shape index (κ3) is 3.72. The summed E-state index contributed by atoms with van der Waals surface area (Å²) < 4.78 is 0. The number of hydrogen-bond acceptors (Lipinski definition) is 2. The molecule has 1 fully saturated rings. The number of aliphatic hydroxyl groups excluding tert-OH is 1. The molecule has 3 aromatic rings. The van der Waals surface area contributed by atoms with E-state index in [2.05, 4.69) is 90.7 Å². The van der Waals surface area contributed by atoms with Gasteiger partial charge < -0.3 is 10.0 Å². The Labute approximate surface area is 169 Å². The van der Waals surface area contributed by atoms with Crippen LogP contribution in [0.4, 0.5) is 5.69 Å². The molecule has 0 radical (unpaired) electrons. The van der Waals surface area contributed by atoms with Gasteiger partial charge in [0.25, 0.3) is 0 Å². The molecule has 2 nitrogen and oxygen atoms in total. The average molecular weight is 389 g/mol. The topological polar surface area (TPSA) is 23.5 Å². The van der Waals surface area contributed by atoms with Gasteiger partial charge in [0.1, 0.15) is 0 Å². The molecule has 1 atom stereocenters. The van der Waals surface area contributed by atoms with Crippen molar-refractivity contribution in [3.63, 3.8) is 0 Å². The van der Waals surface area contributed by atoms with Crippen molar-refractivity contribution in [2.24, 2.45) is 0 Å². The summed E-state index contributed by atoms with van der Waals surface area (Å²) in [6.45, 7) is 3.49. The maximum atomic E-state index is 9.99. The van der Waals surface area contributed by atoms with Gasteiger partial charge in [-0.25, -0.2) is 0 Å². The number of aryl methyl sites for hydroxylation is 1. The van der Waals surface area contributed by atoms with Gasteiger partial charge in [-0.3, -0.25) is 0 Å². The lowest BCUT2D eigenvalue weighted by Gasteiger charge is -2.33. The first-order valence-corrected chi connectivity index (χ1v) is 11.6. The highest BCUT2D eigenvalue weighted by atomic mass is 31.1. The normalized spacial score (nSPS) is 16.7. The fraction of sp³-hybridized carbons (Fsp3) is 0.280. The Balaban J connectivity index is 1.92. The van der Waals surface area contributed by atoms with Gasteiger partial charge in [-0.15, -0.1) is 0 Å². The Hall–Kier alpha value is -2.15. The van der Waals surface area contributed by atoms with Crippen LogP contribution < -0.4 is 20.8 Å². The number of rotatable bonds is 6. The molecule has 0 aromatic heterocycles. The molecule has 1 aliphatic heterocycles. The van der Waals surface area contributed by atoms with E-state index in [4.69, 9.17) is 0 Å². The molecule has 0 spiro atoms. The lowest BCUT2D eigenvalue weighted by molar-refractivity contribution is 0.266. The van der Waals surface area contributed by atoms with Crippen molar-refractivity contribution in [3.8, 4) is 0 Å². The number of hydrogen-bond donors (Lipinski definition) is 1. The fourth-order valence-electron chi connectivity index (χ4n) is 4.28. The maximum absolute atomic E-state index is 9.99. The summed E-state index contributed by atoms with van der Waals surface area (Å²) in [5.41, 5.74) is 2.75. The van der Waals surface area contributed by atoms with Crippen LogP contribution in [0.5, 0.6) is 0 Å². The monoisotopic (exact) mass is 389 g/mol. The molecule has 4 rings (SSSR count). The zero-order valence-corrected chi connectivity index (χ0v) is 17.4. The zero-order valence-electron chi connectivity index (χ0n) is 16.5. The molecule has 144 valence electrons. The number of aliphatic hydroxyl groups is 1. The first kappa shape index (κ1) is 19.2. The van der Waals surface area contributed by atoms with Crippen LogP contribution >= 0.6 is 7.92 Å². The third-order valence-corrected chi connectivity index (χ3v) is 8.10. The number of anilines is 1. The Bertz CT molecular complexity index is 857. The van der Waals surface area contributed by atoms with E-state index >= 15 is 0 Å². The molecule has 0 unspecified atom stereocenters. The van der Waals surface area contributed by atoms with Gasteiger partial charge >= 0.3 is 0 Å². The molecule has 0 aliphatic carbocycles. The Morgan fingerprint density at radius 2 is 1.54 bits per heavy atom. The van der Waals surface area contributed by atoms with Crippen LogP contribution in [-0.4, -0.2) is 24.3 Å². The van der Waals surface area contributed by atoms with Crippen molar-refractivity contribution in [2.45, 2.75) is 32.2 Å². The zero-order chi connectivity index (χ0) is 19.3. The summed E-state index contributed by atoms with van der Waals surface area (Å²) in [5.74, 6) is 0. The van der Waals surface area contributed by atoms with Gasteiger partial charge in [0.15, 0.2) is 0 Å². The summed E-state index contributed by atoms with van der Waals surface area (Å²) >= 11 is 0. The molecule has 1 N–H and O–H groups in total. The van der Waals surface area contributed by atoms with Gasteiger partial charge in [-0.05, 0) is 43.4 Å². The number of nitrogens with zero attached hydrogens (tertiary/aromatic N) is 1. The molecular weight excluding hydrogens is 361 g/mol. The van der Waals surface area contributed by atoms with E-state index in [1.54, 1.807) is 0 Å². The first-order chi connectivity index (χ1) is 13.8.